The van der Waals surface area contributed by atoms with Crippen molar-refractivity contribution in [2.24, 2.45) is 5.92 Å². The molecule has 0 saturated carbocycles. The molecule has 0 amide bonds. The van der Waals surface area contributed by atoms with E-state index < -0.39 is 11.8 Å². The smallest absolute Gasteiger partial charge is 0.364 e. The average Bonchev–Trinajstić information content (AvgIpc) is 2.60. The van der Waals surface area contributed by atoms with Gasteiger partial charge in [0.15, 0.2) is 0 Å². The molecule has 1 fully saturated rings. The molecule has 7 heteroatoms. The minimum absolute atomic E-state index is 0.201. The van der Waals surface area contributed by atoms with Crippen LogP contribution in [-0.4, -0.2) is 41.8 Å². The number of benzene rings is 1. The maximum atomic E-state index is 11.0. The molecule has 0 radical (unpaired) electrons. The lowest BCUT2D eigenvalue weighted by molar-refractivity contribution is -0.271. The average molecular weight is 351 g/mol. The fraction of sp³-hybridized carbons (Fsp3) is 0.500. The molecule has 3 N–H and O–H groups in total. The molecule has 1 aromatic carbocycles. The summed E-state index contributed by atoms with van der Waals surface area (Å²) in [6.45, 7) is 6.60. The van der Waals surface area contributed by atoms with Gasteiger partial charge in [0.25, 0.3) is 5.79 Å². The summed E-state index contributed by atoms with van der Waals surface area (Å²) >= 11 is 0. The molecule has 138 valence electrons. The number of unbranched alkanes of at least 4 members (excludes halogenated alkanes) is 1. The lowest BCUT2D eigenvalue weighted by atomic mass is 10.0. The molecule has 25 heavy (non-hydrogen) atoms. The van der Waals surface area contributed by atoms with Crippen molar-refractivity contribution in [2.45, 2.75) is 32.0 Å². The Morgan fingerprint density at radius 1 is 1.32 bits per heavy atom. The zero-order valence-electron chi connectivity index (χ0n) is 14.4. The van der Waals surface area contributed by atoms with Crippen LogP contribution in [-0.2, 0) is 19.1 Å². The van der Waals surface area contributed by atoms with Gasteiger partial charge in [-0.1, -0.05) is 13.0 Å². The zero-order valence-corrected chi connectivity index (χ0v) is 14.4. The highest BCUT2D eigenvalue weighted by Gasteiger charge is 2.40. The van der Waals surface area contributed by atoms with E-state index in [-0.39, 0.29) is 11.7 Å². The molecule has 0 unspecified atom stereocenters. The van der Waals surface area contributed by atoms with Crippen LogP contribution >= 0.6 is 0 Å². The fourth-order valence-electron chi connectivity index (χ4n) is 2.40. The molecule has 0 spiro atoms. The topological polar surface area (TPSA) is 97.3 Å². The lowest BCUT2D eigenvalue weighted by Crippen LogP contribution is -2.47. The second kappa shape index (κ2) is 8.84. The van der Waals surface area contributed by atoms with Crippen LogP contribution in [0.3, 0.4) is 0 Å². The van der Waals surface area contributed by atoms with E-state index in [4.69, 9.17) is 19.4 Å². The van der Waals surface area contributed by atoms with Gasteiger partial charge in [-0.2, -0.15) is 0 Å². The van der Waals surface area contributed by atoms with Crippen molar-refractivity contribution in [2.75, 3.05) is 19.8 Å². The quantitative estimate of drug-likeness (QED) is 0.464. The van der Waals surface area contributed by atoms with E-state index >= 15 is 0 Å². The molecule has 1 aliphatic rings. The number of carbonyl (C=O) groups is 1. The molecule has 1 saturated heterocycles. The lowest BCUT2D eigenvalue weighted by Gasteiger charge is -2.34. The number of carboxylic acid groups (broad SMARTS) is 1. The van der Waals surface area contributed by atoms with Crippen molar-refractivity contribution in [1.29, 1.82) is 0 Å². The van der Waals surface area contributed by atoms with E-state index in [0.29, 0.717) is 25.5 Å². The molecular weight excluding hydrogens is 326 g/mol. The molecule has 1 heterocycles. The van der Waals surface area contributed by atoms with Gasteiger partial charge in [-0.05, 0) is 42.7 Å². The number of phenolic OH excluding ortho intramolecular Hbond substituents is 1. The van der Waals surface area contributed by atoms with Gasteiger partial charge in [-0.15, -0.1) is 0 Å². The highest BCUT2D eigenvalue weighted by atomic mass is 16.7. The third-order valence-corrected chi connectivity index (χ3v) is 4.10. The third-order valence-electron chi connectivity index (χ3n) is 4.10. The Labute approximate surface area is 147 Å². The number of carboxylic acids is 1. The Balaban J connectivity index is 1.55. The van der Waals surface area contributed by atoms with E-state index in [0.717, 1.165) is 24.8 Å². The summed E-state index contributed by atoms with van der Waals surface area (Å²) in [6.07, 6.45) is 2.66. The highest BCUT2D eigenvalue weighted by Crippen LogP contribution is 2.24. The number of rotatable bonds is 9. The van der Waals surface area contributed by atoms with Crippen LogP contribution in [0.5, 0.6) is 5.75 Å². The largest absolute Gasteiger partial charge is 0.508 e. The standard InChI is InChI=1S/C18H25NO6/c1-13(15-6-8-16(20)9-7-15)19-25-10-4-3-5-14-11-23-18(2,17(21)22)24-12-14/h6-9,14,19-20H,1,3-5,10-12H2,2H3,(H,21,22). The van der Waals surface area contributed by atoms with Gasteiger partial charge in [0.05, 0.1) is 25.5 Å². The molecule has 2 rings (SSSR count). The van der Waals surface area contributed by atoms with Crippen molar-refractivity contribution in [3.63, 3.8) is 0 Å². The summed E-state index contributed by atoms with van der Waals surface area (Å²) in [4.78, 5) is 16.4. The fourth-order valence-corrected chi connectivity index (χ4v) is 2.40. The number of hydrogen-bond acceptors (Lipinski definition) is 6. The van der Waals surface area contributed by atoms with Crippen LogP contribution in [0.2, 0.25) is 0 Å². The summed E-state index contributed by atoms with van der Waals surface area (Å²) in [5.74, 6) is -2.21. The van der Waals surface area contributed by atoms with Gasteiger partial charge < -0.3 is 19.7 Å². The van der Waals surface area contributed by atoms with E-state index in [2.05, 4.69) is 12.1 Å². The molecule has 1 aliphatic heterocycles. The van der Waals surface area contributed by atoms with Gasteiger partial charge in [-0.3, -0.25) is 10.3 Å². The molecular formula is C18H25NO6. The van der Waals surface area contributed by atoms with Crippen LogP contribution in [0, 0.1) is 5.92 Å². The third kappa shape index (κ3) is 5.74. The second-order valence-electron chi connectivity index (χ2n) is 6.21. The molecule has 0 aliphatic carbocycles. The number of phenols is 1. The first kappa shape index (κ1) is 19.2. The maximum Gasteiger partial charge on any atom is 0.364 e. The minimum atomic E-state index is -1.52. The number of hydroxylamine groups is 1. The Morgan fingerprint density at radius 2 is 1.96 bits per heavy atom. The Bertz CT molecular complexity index is 578. The summed E-state index contributed by atoms with van der Waals surface area (Å²) in [5.41, 5.74) is 4.26. The van der Waals surface area contributed by atoms with Crippen LogP contribution in [0.1, 0.15) is 31.7 Å². The monoisotopic (exact) mass is 351 g/mol. The van der Waals surface area contributed by atoms with Gasteiger partial charge in [-0.25, -0.2) is 4.79 Å². The van der Waals surface area contributed by atoms with Gasteiger partial charge in [0, 0.05) is 12.8 Å². The van der Waals surface area contributed by atoms with Crippen molar-refractivity contribution >= 4 is 11.7 Å². The first-order valence-electron chi connectivity index (χ1n) is 8.28. The van der Waals surface area contributed by atoms with Gasteiger partial charge in [0.2, 0.25) is 0 Å². The van der Waals surface area contributed by atoms with Gasteiger partial charge >= 0.3 is 5.97 Å². The number of aromatic hydroxyl groups is 1. The number of aliphatic carboxylic acids is 1. The highest BCUT2D eigenvalue weighted by molar-refractivity contribution is 5.75. The van der Waals surface area contributed by atoms with Crippen LogP contribution in [0.25, 0.3) is 5.70 Å². The van der Waals surface area contributed by atoms with Gasteiger partial charge in [0.1, 0.15) is 5.75 Å². The Kier molecular flexibility index (Phi) is 6.81. The summed E-state index contributed by atoms with van der Waals surface area (Å²) in [6, 6.07) is 6.68. The first-order chi connectivity index (χ1) is 11.9. The number of nitrogens with one attached hydrogen (secondary N) is 1. The Morgan fingerprint density at radius 3 is 2.56 bits per heavy atom. The summed E-state index contributed by atoms with van der Waals surface area (Å²) in [7, 11) is 0. The van der Waals surface area contributed by atoms with Crippen LogP contribution in [0.4, 0.5) is 0 Å². The minimum Gasteiger partial charge on any atom is -0.508 e. The second-order valence-corrected chi connectivity index (χ2v) is 6.21. The van der Waals surface area contributed by atoms with Crippen molar-refractivity contribution in [3.8, 4) is 5.75 Å². The summed E-state index contributed by atoms with van der Waals surface area (Å²) in [5, 5.41) is 18.3. The van der Waals surface area contributed by atoms with E-state index in [9.17, 15) is 9.90 Å². The summed E-state index contributed by atoms with van der Waals surface area (Å²) < 4.78 is 10.6. The van der Waals surface area contributed by atoms with Crippen LogP contribution in [0.15, 0.2) is 30.8 Å². The van der Waals surface area contributed by atoms with Crippen molar-refractivity contribution in [1.82, 2.24) is 5.48 Å². The maximum absolute atomic E-state index is 11.0. The zero-order chi connectivity index (χ0) is 18.3. The van der Waals surface area contributed by atoms with Crippen molar-refractivity contribution < 1.29 is 29.3 Å². The predicted molar refractivity (Wildman–Crippen MR) is 91.5 cm³/mol. The molecule has 0 aromatic heterocycles. The van der Waals surface area contributed by atoms with E-state index in [1.54, 1.807) is 24.3 Å². The predicted octanol–water partition coefficient (Wildman–Crippen LogP) is 2.52. The first-order valence-corrected chi connectivity index (χ1v) is 8.28. The van der Waals surface area contributed by atoms with Crippen LogP contribution < -0.4 is 5.48 Å². The molecule has 1 aromatic rings. The molecule has 7 nitrogen and oxygen atoms in total. The number of hydrogen-bond donors (Lipinski definition) is 3. The molecule has 0 atom stereocenters. The van der Waals surface area contributed by atoms with E-state index in [1.807, 2.05) is 0 Å². The number of ether oxygens (including phenoxy) is 2. The SMILES string of the molecule is C=C(NOCCCCC1COC(C)(C(=O)O)OC1)c1ccc(O)cc1. The van der Waals surface area contributed by atoms with E-state index in [1.165, 1.54) is 6.92 Å². The Hall–Kier alpha value is -2.09. The normalized spacial score (nSPS) is 23.2. The van der Waals surface area contributed by atoms with Crippen molar-refractivity contribution in [3.05, 3.63) is 36.4 Å². The molecule has 0 bridgehead atoms.